The lowest BCUT2D eigenvalue weighted by atomic mass is 9.69. The fraction of sp³-hybridized carbons (Fsp3) is 0.0714. The summed E-state index contributed by atoms with van der Waals surface area (Å²) in [6.45, 7) is 0. The molecule has 1 aliphatic rings. The summed E-state index contributed by atoms with van der Waals surface area (Å²) in [5, 5.41) is 5.34. The number of rotatable bonds is 2. The second kappa shape index (κ2) is 5.64. The van der Waals surface area contributed by atoms with Crippen LogP contribution in [0.5, 0.6) is 0 Å². The third kappa shape index (κ3) is 1.89. The van der Waals surface area contributed by atoms with E-state index in [0.717, 1.165) is 6.42 Å². The Labute approximate surface area is 174 Å². The van der Waals surface area contributed by atoms with Crippen molar-refractivity contribution in [3.8, 4) is 0 Å². The lowest BCUT2D eigenvalue weighted by Gasteiger charge is -2.31. The van der Waals surface area contributed by atoms with Gasteiger partial charge in [-0.3, -0.25) is 0 Å². The van der Waals surface area contributed by atoms with E-state index in [1.54, 1.807) is 0 Å². The topological polar surface area (TPSA) is 31.6 Å². The van der Waals surface area contributed by atoms with Gasteiger partial charge >= 0.3 is 0 Å². The van der Waals surface area contributed by atoms with E-state index in [0.29, 0.717) is 0 Å². The Bertz CT molecular complexity index is 1500. The van der Waals surface area contributed by atoms with Gasteiger partial charge in [-0.15, -0.1) is 0 Å². The molecule has 0 radical (unpaired) electrons. The molecular formula is C28H20N2. The molecule has 2 N–H and O–H groups in total. The highest BCUT2D eigenvalue weighted by molar-refractivity contribution is 5.99. The Hall–Kier alpha value is -3.78. The number of H-pyrrole nitrogens is 2. The van der Waals surface area contributed by atoms with Gasteiger partial charge in [-0.05, 0) is 51.6 Å². The van der Waals surface area contributed by atoms with Crippen molar-refractivity contribution in [2.75, 3.05) is 0 Å². The molecule has 6 aromatic rings. The lowest BCUT2D eigenvalue weighted by Crippen LogP contribution is -2.28. The quantitative estimate of drug-likeness (QED) is 0.333. The fourth-order valence-electron chi connectivity index (χ4n) is 5.78. The van der Waals surface area contributed by atoms with Gasteiger partial charge in [0.1, 0.15) is 0 Å². The van der Waals surface area contributed by atoms with Gasteiger partial charge < -0.3 is 9.97 Å². The summed E-state index contributed by atoms with van der Waals surface area (Å²) in [6.07, 6.45) is 5.43. The zero-order valence-corrected chi connectivity index (χ0v) is 16.4. The normalized spacial score (nSPS) is 14.8. The Morgan fingerprint density at radius 1 is 0.567 bits per heavy atom. The number of para-hydroxylation sites is 2. The number of fused-ring (bicyclic) bond motifs is 2. The third-order valence-corrected chi connectivity index (χ3v) is 7.00. The standard InChI is InChI=1S/C28H20N2/c1-3-13-25-20(10-1)23(16-29-25)28(24-17-30-26-14-4-2-11-21(24)26)15-19-9-5-7-18-8-6-12-22(28)27(18)19/h1-14,16-17,29-30H,15H2. The maximum atomic E-state index is 3.55. The summed E-state index contributed by atoms with van der Waals surface area (Å²) in [5.41, 5.74) is 7.69. The van der Waals surface area contributed by atoms with E-state index < -0.39 is 0 Å². The first kappa shape index (κ1) is 16.1. The average Bonchev–Trinajstić information content (AvgIpc) is 3.49. The Morgan fingerprint density at radius 3 is 1.83 bits per heavy atom. The third-order valence-electron chi connectivity index (χ3n) is 7.00. The molecule has 0 atom stereocenters. The molecule has 142 valence electrons. The van der Waals surface area contributed by atoms with Crippen LogP contribution >= 0.6 is 0 Å². The number of aromatic nitrogens is 2. The highest BCUT2D eigenvalue weighted by atomic mass is 14.7. The number of aromatic amines is 2. The van der Waals surface area contributed by atoms with Crippen LogP contribution in [0.3, 0.4) is 0 Å². The molecule has 0 fully saturated rings. The van der Waals surface area contributed by atoms with Crippen LogP contribution in [0.25, 0.3) is 32.6 Å². The van der Waals surface area contributed by atoms with E-state index in [1.165, 1.54) is 54.8 Å². The van der Waals surface area contributed by atoms with Gasteiger partial charge in [-0.1, -0.05) is 72.8 Å². The van der Waals surface area contributed by atoms with Gasteiger partial charge in [-0.25, -0.2) is 0 Å². The van der Waals surface area contributed by atoms with Crippen molar-refractivity contribution in [2.24, 2.45) is 0 Å². The summed E-state index contributed by atoms with van der Waals surface area (Å²) in [6, 6.07) is 30.9. The number of hydrogen-bond acceptors (Lipinski definition) is 0. The summed E-state index contributed by atoms with van der Waals surface area (Å²) >= 11 is 0. The van der Waals surface area contributed by atoms with Crippen molar-refractivity contribution in [3.63, 3.8) is 0 Å². The molecule has 0 saturated heterocycles. The molecule has 30 heavy (non-hydrogen) atoms. The Kier molecular flexibility index (Phi) is 3.02. The largest absolute Gasteiger partial charge is 0.361 e. The number of nitrogens with one attached hydrogen (secondary N) is 2. The van der Waals surface area contributed by atoms with Gasteiger partial charge in [0.2, 0.25) is 0 Å². The molecule has 2 heterocycles. The Morgan fingerprint density at radius 2 is 1.17 bits per heavy atom. The summed E-state index contributed by atoms with van der Waals surface area (Å²) in [4.78, 5) is 7.10. The van der Waals surface area contributed by atoms with Crippen LogP contribution in [0.1, 0.15) is 22.3 Å². The first-order valence-corrected chi connectivity index (χ1v) is 10.5. The van der Waals surface area contributed by atoms with Crippen LogP contribution in [0.4, 0.5) is 0 Å². The van der Waals surface area contributed by atoms with E-state index in [9.17, 15) is 0 Å². The van der Waals surface area contributed by atoms with Gasteiger partial charge in [-0.2, -0.15) is 0 Å². The van der Waals surface area contributed by atoms with E-state index in [1.807, 2.05) is 0 Å². The minimum absolute atomic E-state index is 0.234. The second-order valence-corrected chi connectivity index (χ2v) is 8.40. The van der Waals surface area contributed by atoms with Crippen molar-refractivity contribution >= 4 is 32.6 Å². The van der Waals surface area contributed by atoms with Crippen LogP contribution in [0, 0.1) is 0 Å². The summed E-state index contributed by atoms with van der Waals surface area (Å²) in [7, 11) is 0. The predicted octanol–water partition coefficient (Wildman–Crippen LogP) is 6.69. The van der Waals surface area contributed by atoms with Gasteiger partial charge in [0.05, 0.1) is 5.41 Å². The maximum Gasteiger partial charge on any atom is 0.0540 e. The maximum absolute atomic E-state index is 3.55. The monoisotopic (exact) mass is 384 g/mol. The molecule has 4 aromatic carbocycles. The molecule has 0 unspecified atom stereocenters. The molecule has 2 nitrogen and oxygen atoms in total. The highest BCUT2D eigenvalue weighted by Gasteiger charge is 2.45. The predicted molar refractivity (Wildman–Crippen MR) is 124 cm³/mol. The van der Waals surface area contributed by atoms with E-state index in [2.05, 4.69) is 107 Å². The van der Waals surface area contributed by atoms with Crippen LogP contribution in [0.15, 0.2) is 97.3 Å². The van der Waals surface area contributed by atoms with Crippen LogP contribution < -0.4 is 0 Å². The smallest absolute Gasteiger partial charge is 0.0540 e. The minimum atomic E-state index is -0.234. The van der Waals surface area contributed by atoms with Crippen LogP contribution in [-0.2, 0) is 11.8 Å². The van der Waals surface area contributed by atoms with Crippen molar-refractivity contribution in [1.82, 2.24) is 9.97 Å². The molecule has 0 spiro atoms. The number of hydrogen-bond donors (Lipinski definition) is 2. The van der Waals surface area contributed by atoms with Crippen molar-refractivity contribution in [2.45, 2.75) is 11.8 Å². The molecule has 2 heteroatoms. The first-order chi connectivity index (χ1) is 14.9. The molecule has 0 saturated carbocycles. The number of benzene rings is 4. The first-order valence-electron chi connectivity index (χ1n) is 10.5. The molecule has 2 aromatic heterocycles. The Balaban J connectivity index is 1.67. The zero-order chi connectivity index (χ0) is 19.7. The second-order valence-electron chi connectivity index (χ2n) is 8.40. The van der Waals surface area contributed by atoms with Crippen LogP contribution in [0.2, 0.25) is 0 Å². The van der Waals surface area contributed by atoms with Gasteiger partial charge in [0.15, 0.2) is 0 Å². The SMILES string of the molecule is c1cc2c3c(cccc3c1)C(c1c[nH]c3ccccc13)(c1c[nH]c3ccccc13)C2. The summed E-state index contributed by atoms with van der Waals surface area (Å²) < 4.78 is 0. The zero-order valence-electron chi connectivity index (χ0n) is 16.4. The molecule has 0 amide bonds. The van der Waals surface area contributed by atoms with Gasteiger partial charge in [0.25, 0.3) is 0 Å². The van der Waals surface area contributed by atoms with Crippen molar-refractivity contribution in [3.05, 3.63) is 120 Å². The molecular weight excluding hydrogens is 364 g/mol. The fourth-order valence-corrected chi connectivity index (χ4v) is 5.78. The van der Waals surface area contributed by atoms with Crippen LogP contribution in [-0.4, -0.2) is 9.97 Å². The van der Waals surface area contributed by atoms with Crippen molar-refractivity contribution in [1.29, 1.82) is 0 Å². The van der Waals surface area contributed by atoms with Gasteiger partial charge in [0, 0.05) is 34.2 Å². The molecule has 0 bridgehead atoms. The average molecular weight is 384 g/mol. The summed E-state index contributed by atoms with van der Waals surface area (Å²) in [5.74, 6) is 0. The molecule has 1 aliphatic carbocycles. The highest BCUT2D eigenvalue weighted by Crippen LogP contribution is 2.53. The minimum Gasteiger partial charge on any atom is -0.361 e. The van der Waals surface area contributed by atoms with E-state index in [4.69, 9.17) is 0 Å². The van der Waals surface area contributed by atoms with Crippen molar-refractivity contribution < 1.29 is 0 Å². The molecule has 7 rings (SSSR count). The van der Waals surface area contributed by atoms with E-state index in [-0.39, 0.29) is 5.41 Å². The molecule has 0 aliphatic heterocycles. The van der Waals surface area contributed by atoms with E-state index >= 15 is 0 Å². The lowest BCUT2D eigenvalue weighted by molar-refractivity contribution is 0.653.